The summed E-state index contributed by atoms with van der Waals surface area (Å²) in [5.74, 6) is 0. The van der Waals surface area contributed by atoms with Crippen molar-refractivity contribution >= 4 is 65.0 Å². The van der Waals surface area contributed by atoms with Crippen LogP contribution in [-0.2, 0) is 0 Å². The van der Waals surface area contributed by atoms with E-state index in [1.54, 1.807) is 0 Å². The molecule has 0 aliphatic heterocycles. The van der Waals surface area contributed by atoms with Crippen molar-refractivity contribution in [3.8, 4) is 44.9 Å². The lowest BCUT2D eigenvalue weighted by Crippen LogP contribution is -1.95. The molecule has 0 aliphatic rings. The summed E-state index contributed by atoms with van der Waals surface area (Å²) in [6.45, 7) is 0. The van der Waals surface area contributed by atoms with Gasteiger partial charge in [0, 0.05) is 45.2 Å². The van der Waals surface area contributed by atoms with E-state index in [0.29, 0.717) is 0 Å². The number of aromatic nitrogens is 4. The second-order valence-electron chi connectivity index (χ2n) is 13.9. The van der Waals surface area contributed by atoms with Crippen LogP contribution in [0, 0.1) is 0 Å². The lowest BCUT2D eigenvalue weighted by atomic mass is 9.90. The highest BCUT2D eigenvalue weighted by molar-refractivity contribution is 6.21. The second-order valence-corrected chi connectivity index (χ2v) is 13.9. The van der Waals surface area contributed by atoms with Crippen LogP contribution in [0.25, 0.3) is 110 Å². The standard InChI is InChI=1S/C50H30N4/c1-2-11-32(12-3-1)45-24-22-34-19-20-35-26-37(30-52-49(35)50(34)54-45)46-27-36(28-47(53-46)42-18-8-13-33-14-9-25-51-48(33)42)43-29-44-38-15-5-4-10-31(38)21-23-41(44)39-16-6-7-17-40(39)43/h1-30H. The number of benzene rings is 7. The lowest BCUT2D eigenvalue weighted by Gasteiger charge is -2.16. The monoisotopic (exact) mass is 686 g/mol. The smallest absolute Gasteiger partial charge is 0.0972 e. The van der Waals surface area contributed by atoms with Gasteiger partial charge in [-0.3, -0.25) is 9.97 Å². The minimum Gasteiger partial charge on any atom is -0.256 e. The van der Waals surface area contributed by atoms with Gasteiger partial charge in [-0.25, -0.2) is 9.97 Å². The van der Waals surface area contributed by atoms with Crippen molar-refractivity contribution in [2.45, 2.75) is 0 Å². The molecule has 54 heavy (non-hydrogen) atoms. The van der Waals surface area contributed by atoms with Crippen molar-refractivity contribution < 1.29 is 0 Å². The third-order valence-electron chi connectivity index (χ3n) is 10.7. The molecule has 0 radical (unpaired) electrons. The van der Waals surface area contributed by atoms with E-state index < -0.39 is 0 Å². The number of rotatable bonds is 4. The van der Waals surface area contributed by atoms with Crippen LogP contribution in [0.4, 0.5) is 0 Å². The highest BCUT2D eigenvalue weighted by atomic mass is 14.8. The van der Waals surface area contributed by atoms with Gasteiger partial charge < -0.3 is 0 Å². The van der Waals surface area contributed by atoms with Crippen LogP contribution in [0.3, 0.4) is 0 Å². The summed E-state index contributed by atoms with van der Waals surface area (Å²) in [5, 5.41) is 10.5. The van der Waals surface area contributed by atoms with Gasteiger partial charge in [-0.2, -0.15) is 0 Å². The Hall–Kier alpha value is -7.30. The predicted molar refractivity (Wildman–Crippen MR) is 224 cm³/mol. The molecule has 11 rings (SSSR count). The molecule has 0 saturated carbocycles. The van der Waals surface area contributed by atoms with Gasteiger partial charge >= 0.3 is 0 Å². The molecule has 0 atom stereocenters. The number of fused-ring (bicyclic) bond motifs is 9. The van der Waals surface area contributed by atoms with Gasteiger partial charge in [0.25, 0.3) is 0 Å². The fourth-order valence-electron chi connectivity index (χ4n) is 8.07. The quantitative estimate of drug-likeness (QED) is 0.173. The molecule has 0 amide bonds. The molecule has 250 valence electrons. The molecule has 0 spiro atoms. The van der Waals surface area contributed by atoms with Gasteiger partial charge in [0.15, 0.2) is 0 Å². The van der Waals surface area contributed by atoms with E-state index in [1.165, 1.54) is 32.3 Å². The molecular formula is C50H30N4. The fourth-order valence-corrected chi connectivity index (χ4v) is 8.07. The largest absolute Gasteiger partial charge is 0.256 e. The molecular weight excluding hydrogens is 657 g/mol. The van der Waals surface area contributed by atoms with Crippen molar-refractivity contribution in [3.63, 3.8) is 0 Å². The summed E-state index contributed by atoms with van der Waals surface area (Å²) in [6, 6.07) is 60.1. The summed E-state index contributed by atoms with van der Waals surface area (Å²) < 4.78 is 0. The lowest BCUT2D eigenvalue weighted by molar-refractivity contribution is 1.30. The third-order valence-corrected chi connectivity index (χ3v) is 10.7. The Kier molecular flexibility index (Phi) is 6.82. The number of hydrogen-bond acceptors (Lipinski definition) is 4. The molecule has 7 aromatic carbocycles. The van der Waals surface area contributed by atoms with Crippen LogP contribution in [0.15, 0.2) is 182 Å². The van der Waals surface area contributed by atoms with Gasteiger partial charge in [-0.05, 0) is 79.8 Å². The zero-order valence-electron chi connectivity index (χ0n) is 29.1. The first-order chi connectivity index (χ1) is 26.7. The maximum atomic E-state index is 5.37. The van der Waals surface area contributed by atoms with Crippen LogP contribution < -0.4 is 0 Å². The van der Waals surface area contributed by atoms with E-state index in [-0.39, 0.29) is 0 Å². The van der Waals surface area contributed by atoms with Crippen molar-refractivity contribution in [3.05, 3.63) is 182 Å². The SMILES string of the molecule is c1ccc(-c2ccc3ccc4cc(-c5cc(-c6cc7c8ccccc8ccc7c7ccccc67)cc(-c6cccc7cccnc67)n5)cnc4c3n2)cc1. The highest BCUT2D eigenvalue weighted by Gasteiger charge is 2.17. The number of para-hydroxylation sites is 1. The van der Waals surface area contributed by atoms with E-state index in [1.807, 2.05) is 36.7 Å². The molecule has 4 aromatic heterocycles. The first kappa shape index (κ1) is 30.3. The molecule has 4 heteroatoms. The zero-order valence-corrected chi connectivity index (χ0v) is 29.1. The molecule has 4 nitrogen and oxygen atoms in total. The first-order valence-electron chi connectivity index (χ1n) is 18.2. The Balaban J connectivity index is 1.16. The fraction of sp³-hybridized carbons (Fsp3) is 0. The Morgan fingerprint density at radius 2 is 1.00 bits per heavy atom. The second kappa shape index (κ2) is 12.1. The summed E-state index contributed by atoms with van der Waals surface area (Å²) in [6.07, 6.45) is 3.80. The summed E-state index contributed by atoms with van der Waals surface area (Å²) in [7, 11) is 0. The molecule has 0 saturated heterocycles. The Labute approximate surface area is 311 Å². The highest BCUT2D eigenvalue weighted by Crippen LogP contribution is 2.41. The Bertz CT molecular complexity index is 3270. The van der Waals surface area contributed by atoms with E-state index in [4.69, 9.17) is 19.9 Å². The Morgan fingerprint density at radius 3 is 1.93 bits per heavy atom. The third kappa shape index (κ3) is 4.92. The Morgan fingerprint density at radius 1 is 0.296 bits per heavy atom. The molecule has 0 N–H and O–H groups in total. The minimum atomic E-state index is 0.845. The van der Waals surface area contributed by atoms with Crippen LogP contribution in [-0.4, -0.2) is 19.9 Å². The average molecular weight is 687 g/mol. The van der Waals surface area contributed by atoms with E-state index in [0.717, 1.165) is 77.6 Å². The maximum absolute atomic E-state index is 5.37. The van der Waals surface area contributed by atoms with Crippen molar-refractivity contribution in [2.24, 2.45) is 0 Å². The van der Waals surface area contributed by atoms with Crippen molar-refractivity contribution in [1.82, 2.24) is 19.9 Å². The molecule has 0 fully saturated rings. The van der Waals surface area contributed by atoms with Crippen LogP contribution in [0.5, 0.6) is 0 Å². The average Bonchev–Trinajstić information content (AvgIpc) is 3.25. The zero-order chi connectivity index (χ0) is 35.6. The molecule has 0 aliphatic carbocycles. The minimum absolute atomic E-state index is 0.845. The molecule has 4 heterocycles. The van der Waals surface area contributed by atoms with Gasteiger partial charge in [-0.15, -0.1) is 0 Å². The van der Waals surface area contributed by atoms with E-state index >= 15 is 0 Å². The van der Waals surface area contributed by atoms with Gasteiger partial charge in [0.2, 0.25) is 0 Å². The predicted octanol–water partition coefficient (Wildman–Crippen LogP) is 12.9. The van der Waals surface area contributed by atoms with Gasteiger partial charge in [0.05, 0.1) is 33.6 Å². The van der Waals surface area contributed by atoms with Crippen LogP contribution >= 0.6 is 0 Å². The summed E-state index contributed by atoms with van der Waals surface area (Å²) >= 11 is 0. The number of nitrogens with zero attached hydrogens (tertiary/aromatic N) is 4. The van der Waals surface area contributed by atoms with Crippen molar-refractivity contribution in [2.75, 3.05) is 0 Å². The normalized spacial score (nSPS) is 11.7. The van der Waals surface area contributed by atoms with E-state index in [2.05, 4.69) is 146 Å². The van der Waals surface area contributed by atoms with Gasteiger partial charge in [-0.1, -0.05) is 133 Å². The topological polar surface area (TPSA) is 51.6 Å². The van der Waals surface area contributed by atoms with Gasteiger partial charge in [0.1, 0.15) is 0 Å². The van der Waals surface area contributed by atoms with Crippen LogP contribution in [0.1, 0.15) is 0 Å². The summed E-state index contributed by atoms with van der Waals surface area (Å²) in [4.78, 5) is 20.4. The van der Waals surface area contributed by atoms with Crippen molar-refractivity contribution in [1.29, 1.82) is 0 Å². The van der Waals surface area contributed by atoms with E-state index in [9.17, 15) is 0 Å². The number of pyridine rings is 4. The first-order valence-corrected chi connectivity index (χ1v) is 18.2. The molecule has 11 aromatic rings. The number of hydrogen-bond donors (Lipinski definition) is 0. The van der Waals surface area contributed by atoms with Crippen LogP contribution in [0.2, 0.25) is 0 Å². The molecule has 0 unspecified atom stereocenters. The maximum Gasteiger partial charge on any atom is 0.0972 e. The summed E-state index contributed by atoms with van der Waals surface area (Å²) in [5.41, 5.74) is 10.6. The molecule has 0 bridgehead atoms.